The summed E-state index contributed by atoms with van der Waals surface area (Å²) in [4.78, 5) is 0. The fourth-order valence-corrected chi connectivity index (χ4v) is 1.78. The lowest BCUT2D eigenvalue weighted by atomic mass is 10.5. The maximum atomic E-state index is 5.43. The van der Waals surface area contributed by atoms with Crippen molar-refractivity contribution in [3.05, 3.63) is 29.2 Å². The quantitative estimate of drug-likeness (QED) is 0.833. The monoisotopic (exact) mass is 239 g/mol. The number of hydrogen-bond donors (Lipinski definition) is 1. The van der Waals surface area contributed by atoms with Gasteiger partial charge >= 0.3 is 0 Å². The average molecular weight is 239 g/mol. The van der Waals surface area contributed by atoms with Crippen molar-refractivity contribution in [1.29, 1.82) is 0 Å². The molecule has 0 spiro atoms. The zero-order valence-electron chi connectivity index (χ0n) is 8.97. The van der Waals surface area contributed by atoms with Crippen molar-refractivity contribution in [2.24, 2.45) is 0 Å². The predicted octanol–water partition coefficient (Wildman–Crippen LogP) is 1.82. The van der Waals surface area contributed by atoms with E-state index in [0.717, 1.165) is 23.9 Å². The van der Waals surface area contributed by atoms with Crippen LogP contribution in [0.15, 0.2) is 22.8 Å². The van der Waals surface area contributed by atoms with E-state index in [1.807, 2.05) is 12.1 Å². The molecule has 2 aromatic heterocycles. The van der Waals surface area contributed by atoms with Gasteiger partial charge in [0.25, 0.3) is 5.19 Å². The minimum Gasteiger partial charge on any atom is -0.466 e. The summed E-state index contributed by atoms with van der Waals surface area (Å²) >= 11 is 1.45. The second kappa shape index (κ2) is 5.62. The summed E-state index contributed by atoms with van der Waals surface area (Å²) in [5.74, 6) is 0.781. The third-order valence-electron chi connectivity index (χ3n) is 1.89. The highest BCUT2D eigenvalue weighted by molar-refractivity contribution is 7.13. The molecule has 0 unspecified atom stereocenters. The molecule has 5 nitrogen and oxygen atoms in total. The Labute approximate surface area is 97.5 Å². The highest BCUT2D eigenvalue weighted by atomic mass is 32.1. The SMILES string of the molecule is CCNCc1nnc(OCc2ccco2)s1. The number of hydrogen-bond acceptors (Lipinski definition) is 6. The molecule has 0 amide bonds. The zero-order chi connectivity index (χ0) is 11.2. The van der Waals surface area contributed by atoms with Crippen molar-refractivity contribution >= 4 is 11.3 Å². The number of nitrogens with zero attached hydrogens (tertiary/aromatic N) is 2. The van der Waals surface area contributed by atoms with Gasteiger partial charge in [0.1, 0.15) is 17.4 Å². The molecule has 16 heavy (non-hydrogen) atoms. The Bertz CT molecular complexity index is 413. The van der Waals surface area contributed by atoms with Crippen LogP contribution in [0.3, 0.4) is 0 Å². The van der Waals surface area contributed by atoms with Crippen LogP contribution in [0.1, 0.15) is 17.7 Å². The Kier molecular flexibility index (Phi) is 3.90. The number of ether oxygens (including phenoxy) is 1. The first kappa shape index (κ1) is 11.1. The Morgan fingerprint density at radius 2 is 2.44 bits per heavy atom. The van der Waals surface area contributed by atoms with E-state index in [1.54, 1.807) is 6.26 Å². The van der Waals surface area contributed by atoms with E-state index in [9.17, 15) is 0 Å². The van der Waals surface area contributed by atoms with Crippen LogP contribution in [0.25, 0.3) is 0 Å². The Hall–Kier alpha value is -1.40. The van der Waals surface area contributed by atoms with Crippen molar-refractivity contribution in [3.8, 4) is 5.19 Å². The molecule has 86 valence electrons. The van der Waals surface area contributed by atoms with Gasteiger partial charge in [-0.25, -0.2) is 0 Å². The molecule has 0 saturated heterocycles. The minimum absolute atomic E-state index is 0.392. The van der Waals surface area contributed by atoms with E-state index in [2.05, 4.69) is 22.4 Å². The second-order valence-corrected chi connectivity index (χ2v) is 4.13. The Morgan fingerprint density at radius 1 is 1.50 bits per heavy atom. The molecule has 2 aromatic rings. The molecular formula is C10H13N3O2S. The maximum absolute atomic E-state index is 5.43. The summed E-state index contributed by atoms with van der Waals surface area (Å²) in [6, 6.07) is 3.69. The molecule has 0 atom stereocenters. The summed E-state index contributed by atoms with van der Waals surface area (Å²) in [7, 11) is 0. The van der Waals surface area contributed by atoms with Crippen LogP contribution in [-0.2, 0) is 13.2 Å². The largest absolute Gasteiger partial charge is 0.466 e. The van der Waals surface area contributed by atoms with E-state index < -0.39 is 0 Å². The number of rotatable bonds is 6. The minimum atomic E-state index is 0.392. The fourth-order valence-electron chi connectivity index (χ4n) is 1.13. The molecule has 0 bridgehead atoms. The van der Waals surface area contributed by atoms with Crippen LogP contribution in [0, 0.1) is 0 Å². The van der Waals surface area contributed by atoms with Gasteiger partial charge in [-0.15, -0.1) is 5.10 Å². The van der Waals surface area contributed by atoms with E-state index in [0.29, 0.717) is 11.8 Å². The van der Waals surface area contributed by atoms with Gasteiger partial charge in [-0.05, 0) is 18.7 Å². The molecule has 0 aliphatic rings. The molecule has 2 heterocycles. The number of nitrogens with one attached hydrogen (secondary N) is 1. The topological polar surface area (TPSA) is 60.2 Å². The van der Waals surface area contributed by atoms with Crippen molar-refractivity contribution in [2.75, 3.05) is 6.54 Å². The van der Waals surface area contributed by atoms with Gasteiger partial charge in [-0.3, -0.25) is 0 Å². The lowest BCUT2D eigenvalue weighted by molar-refractivity contribution is 0.267. The molecule has 0 aliphatic heterocycles. The third-order valence-corrected chi connectivity index (χ3v) is 2.73. The highest BCUT2D eigenvalue weighted by Crippen LogP contribution is 2.18. The summed E-state index contributed by atoms with van der Waals surface area (Å²) < 4.78 is 10.6. The summed E-state index contributed by atoms with van der Waals surface area (Å²) in [6.07, 6.45) is 1.62. The van der Waals surface area contributed by atoms with Crippen molar-refractivity contribution < 1.29 is 9.15 Å². The number of aromatic nitrogens is 2. The van der Waals surface area contributed by atoms with Gasteiger partial charge in [-0.2, -0.15) is 0 Å². The van der Waals surface area contributed by atoms with E-state index in [-0.39, 0.29) is 0 Å². The zero-order valence-corrected chi connectivity index (χ0v) is 9.79. The Balaban J connectivity index is 1.83. The smallest absolute Gasteiger partial charge is 0.294 e. The van der Waals surface area contributed by atoms with Gasteiger partial charge < -0.3 is 14.5 Å². The standard InChI is InChI=1S/C10H13N3O2S/c1-2-11-6-9-12-13-10(16-9)15-7-8-4-3-5-14-8/h3-5,11H,2,6-7H2,1H3. The average Bonchev–Trinajstić information content (AvgIpc) is 2.95. The van der Waals surface area contributed by atoms with Crippen LogP contribution in [-0.4, -0.2) is 16.7 Å². The van der Waals surface area contributed by atoms with Gasteiger partial charge in [0.2, 0.25) is 0 Å². The van der Waals surface area contributed by atoms with Crippen LogP contribution >= 0.6 is 11.3 Å². The number of furan rings is 1. The molecule has 6 heteroatoms. The van der Waals surface area contributed by atoms with Crippen LogP contribution < -0.4 is 10.1 Å². The lowest BCUT2D eigenvalue weighted by Gasteiger charge is -1.97. The molecule has 2 rings (SSSR count). The predicted molar refractivity (Wildman–Crippen MR) is 60.3 cm³/mol. The molecule has 0 radical (unpaired) electrons. The third kappa shape index (κ3) is 3.04. The first-order valence-electron chi connectivity index (χ1n) is 5.06. The van der Waals surface area contributed by atoms with Crippen LogP contribution in [0.2, 0.25) is 0 Å². The normalized spacial score (nSPS) is 10.6. The second-order valence-electron chi connectivity index (χ2n) is 3.11. The van der Waals surface area contributed by atoms with Crippen molar-refractivity contribution in [1.82, 2.24) is 15.5 Å². The molecule has 0 aliphatic carbocycles. The van der Waals surface area contributed by atoms with Crippen molar-refractivity contribution in [3.63, 3.8) is 0 Å². The van der Waals surface area contributed by atoms with Gasteiger partial charge in [0.15, 0.2) is 0 Å². The van der Waals surface area contributed by atoms with Gasteiger partial charge in [0, 0.05) is 6.54 Å². The molecule has 0 aromatic carbocycles. The summed E-state index contributed by atoms with van der Waals surface area (Å²) in [5.41, 5.74) is 0. The summed E-state index contributed by atoms with van der Waals surface area (Å²) in [6.45, 7) is 4.10. The molecule has 1 N–H and O–H groups in total. The molecule has 0 fully saturated rings. The van der Waals surface area contributed by atoms with Crippen LogP contribution in [0.5, 0.6) is 5.19 Å². The van der Waals surface area contributed by atoms with Gasteiger partial charge in [0.05, 0.1) is 6.26 Å². The van der Waals surface area contributed by atoms with Gasteiger partial charge in [-0.1, -0.05) is 23.4 Å². The fraction of sp³-hybridized carbons (Fsp3) is 0.400. The first-order chi connectivity index (χ1) is 7.88. The maximum Gasteiger partial charge on any atom is 0.294 e. The van der Waals surface area contributed by atoms with Crippen LogP contribution in [0.4, 0.5) is 0 Å². The molecule has 0 saturated carbocycles. The lowest BCUT2D eigenvalue weighted by Crippen LogP contribution is -2.11. The molecular weight excluding hydrogens is 226 g/mol. The highest BCUT2D eigenvalue weighted by Gasteiger charge is 2.05. The van der Waals surface area contributed by atoms with Crippen molar-refractivity contribution in [2.45, 2.75) is 20.1 Å². The first-order valence-corrected chi connectivity index (χ1v) is 5.88. The van der Waals surface area contributed by atoms with E-state index in [4.69, 9.17) is 9.15 Å². The summed E-state index contributed by atoms with van der Waals surface area (Å²) in [5, 5.41) is 12.6. The van der Waals surface area contributed by atoms with E-state index >= 15 is 0 Å². The van der Waals surface area contributed by atoms with E-state index in [1.165, 1.54) is 11.3 Å². The Morgan fingerprint density at radius 3 is 3.19 bits per heavy atom.